The van der Waals surface area contributed by atoms with Crippen LogP contribution in [0.5, 0.6) is 0 Å². The van der Waals surface area contributed by atoms with E-state index in [2.05, 4.69) is 15.5 Å². The van der Waals surface area contributed by atoms with Gasteiger partial charge in [0.15, 0.2) is 0 Å². The maximum absolute atomic E-state index is 12.2. The van der Waals surface area contributed by atoms with Crippen molar-refractivity contribution < 1.29 is 9.53 Å². The standard InChI is InChI=1S/C18H19Cl2N3O2/c19-13-2-1-3-15(10-13)22-18(24)12-21-16-11-14(20)4-5-17(16)23-6-8-25-9-7-23/h1-5,10-11,21H,6-9,12H2,(H,22,24). The number of rotatable bonds is 5. The smallest absolute Gasteiger partial charge is 0.243 e. The molecule has 7 heteroatoms. The minimum atomic E-state index is -0.157. The van der Waals surface area contributed by atoms with Gasteiger partial charge >= 0.3 is 0 Å². The molecule has 2 aromatic carbocycles. The molecule has 1 amide bonds. The van der Waals surface area contributed by atoms with Crippen LogP contribution in [0.3, 0.4) is 0 Å². The van der Waals surface area contributed by atoms with Crippen LogP contribution in [0.2, 0.25) is 10.0 Å². The molecule has 0 spiro atoms. The van der Waals surface area contributed by atoms with Crippen LogP contribution in [0.15, 0.2) is 42.5 Å². The quantitative estimate of drug-likeness (QED) is 0.827. The van der Waals surface area contributed by atoms with E-state index in [4.69, 9.17) is 27.9 Å². The normalized spacial score (nSPS) is 14.2. The third-order valence-corrected chi connectivity index (χ3v) is 4.33. The van der Waals surface area contributed by atoms with Crippen LogP contribution in [-0.2, 0) is 9.53 Å². The summed E-state index contributed by atoms with van der Waals surface area (Å²) in [5.41, 5.74) is 2.51. The van der Waals surface area contributed by atoms with Crippen LogP contribution in [0, 0.1) is 0 Å². The number of amides is 1. The highest BCUT2D eigenvalue weighted by atomic mass is 35.5. The second kappa shape index (κ2) is 8.43. The first kappa shape index (κ1) is 17.9. The number of morpholine rings is 1. The Kier molecular flexibility index (Phi) is 6.02. The van der Waals surface area contributed by atoms with Gasteiger partial charge in [-0.15, -0.1) is 0 Å². The number of carbonyl (C=O) groups is 1. The van der Waals surface area contributed by atoms with Crippen molar-refractivity contribution in [3.05, 3.63) is 52.5 Å². The molecule has 0 radical (unpaired) electrons. The summed E-state index contributed by atoms with van der Waals surface area (Å²) >= 11 is 12.0. The molecule has 1 heterocycles. The molecule has 1 aliphatic rings. The average Bonchev–Trinajstić information content (AvgIpc) is 2.61. The van der Waals surface area contributed by atoms with Crippen LogP contribution in [0.4, 0.5) is 17.1 Å². The van der Waals surface area contributed by atoms with Crippen molar-refractivity contribution in [2.75, 3.05) is 48.4 Å². The van der Waals surface area contributed by atoms with E-state index >= 15 is 0 Å². The summed E-state index contributed by atoms with van der Waals surface area (Å²) in [5.74, 6) is -0.157. The number of ether oxygens (including phenoxy) is 1. The van der Waals surface area contributed by atoms with Crippen LogP contribution >= 0.6 is 23.2 Å². The minimum Gasteiger partial charge on any atom is -0.378 e. The van der Waals surface area contributed by atoms with E-state index in [0.29, 0.717) is 28.9 Å². The Hall–Kier alpha value is -1.95. The molecule has 1 aliphatic heterocycles. The predicted octanol–water partition coefficient (Wildman–Crippen LogP) is 3.88. The first-order chi connectivity index (χ1) is 12.1. The SMILES string of the molecule is O=C(CNc1cc(Cl)ccc1N1CCOCC1)Nc1cccc(Cl)c1. The summed E-state index contributed by atoms with van der Waals surface area (Å²) in [6.07, 6.45) is 0. The Morgan fingerprint density at radius 2 is 1.84 bits per heavy atom. The lowest BCUT2D eigenvalue weighted by atomic mass is 10.2. The van der Waals surface area contributed by atoms with Gasteiger partial charge in [-0.05, 0) is 36.4 Å². The fourth-order valence-corrected chi connectivity index (χ4v) is 3.04. The van der Waals surface area contributed by atoms with Gasteiger partial charge < -0.3 is 20.3 Å². The number of carbonyl (C=O) groups excluding carboxylic acids is 1. The van der Waals surface area contributed by atoms with Gasteiger partial charge in [0.25, 0.3) is 0 Å². The molecule has 25 heavy (non-hydrogen) atoms. The van der Waals surface area contributed by atoms with Gasteiger partial charge in [-0.1, -0.05) is 29.3 Å². The van der Waals surface area contributed by atoms with Crippen LogP contribution in [-0.4, -0.2) is 38.8 Å². The second-order valence-corrected chi connectivity index (χ2v) is 6.55. The van der Waals surface area contributed by atoms with Gasteiger partial charge in [-0.25, -0.2) is 0 Å². The number of halogens is 2. The highest BCUT2D eigenvalue weighted by molar-refractivity contribution is 6.31. The van der Waals surface area contributed by atoms with Gasteiger partial charge in [-0.3, -0.25) is 4.79 Å². The summed E-state index contributed by atoms with van der Waals surface area (Å²) in [6, 6.07) is 12.7. The zero-order valence-corrected chi connectivity index (χ0v) is 15.1. The van der Waals surface area contributed by atoms with Crippen molar-refractivity contribution in [1.29, 1.82) is 0 Å². The average molecular weight is 380 g/mol. The molecule has 0 aromatic heterocycles. The molecule has 3 rings (SSSR count). The predicted molar refractivity (Wildman–Crippen MR) is 103 cm³/mol. The Balaban J connectivity index is 1.65. The third kappa shape index (κ3) is 5.01. The first-order valence-electron chi connectivity index (χ1n) is 8.03. The van der Waals surface area contributed by atoms with Crippen molar-refractivity contribution in [2.45, 2.75) is 0 Å². The summed E-state index contributed by atoms with van der Waals surface area (Å²) in [5, 5.41) is 7.19. The van der Waals surface area contributed by atoms with Crippen molar-refractivity contribution in [1.82, 2.24) is 0 Å². The Morgan fingerprint density at radius 1 is 1.08 bits per heavy atom. The number of nitrogens with one attached hydrogen (secondary N) is 2. The molecule has 2 N–H and O–H groups in total. The molecule has 0 aliphatic carbocycles. The molecule has 1 saturated heterocycles. The number of benzene rings is 2. The van der Waals surface area contributed by atoms with Crippen molar-refractivity contribution in [2.24, 2.45) is 0 Å². The van der Waals surface area contributed by atoms with E-state index in [0.717, 1.165) is 24.5 Å². The van der Waals surface area contributed by atoms with E-state index in [9.17, 15) is 4.79 Å². The molecular weight excluding hydrogens is 361 g/mol. The van der Waals surface area contributed by atoms with E-state index in [1.165, 1.54) is 0 Å². The lowest BCUT2D eigenvalue weighted by molar-refractivity contribution is -0.114. The number of hydrogen-bond donors (Lipinski definition) is 2. The fraction of sp³-hybridized carbons (Fsp3) is 0.278. The lowest BCUT2D eigenvalue weighted by Crippen LogP contribution is -2.36. The molecule has 132 valence electrons. The summed E-state index contributed by atoms with van der Waals surface area (Å²) in [7, 11) is 0. The van der Waals surface area contributed by atoms with Crippen molar-refractivity contribution >= 4 is 46.2 Å². The Bertz CT molecular complexity index is 749. The van der Waals surface area contributed by atoms with E-state index in [1.54, 1.807) is 24.3 Å². The third-order valence-electron chi connectivity index (χ3n) is 3.86. The van der Waals surface area contributed by atoms with Crippen LogP contribution in [0.1, 0.15) is 0 Å². The number of hydrogen-bond acceptors (Lipinski definition) is 4. The van der Waals surface area contributed by atoms with Gasteiger partial charge in [-0.2, -0.15) is 0 Å². The largest absolute Gasteiger partial charge is 0.378 e. The van der Waals surface area contributed by atoms with Gasteiger partial charge in [0, 0.05) is 28.8 Å². The van der Waals surface area contributed by atoms with Crippen molar-refractivity contribution in [3.63, 3.8) is 0 Å². The molecule has 0 unspecified atom stereocenters. The molecule has 5 nitrogen and oxygen atoms in total. The van der Waals surface area contributed by atoms with Gasteiger partial charge in [0.1, 0.15) is 0 Å². The van der Waals surface area contributed by atoms with Gasteiger partial charge in [0.2, 0.25) is 5.91 Å². The molecule has 1 fully saturated rings. The van der Waals surface area contributed by atoms with E-state index in [1.807, 2.05) is 18.2 Å². The van der Waals surface area contributed by atoms with Gasteiger partial charge in [0.05, 0.1) is 31.1 Å². The zero-order chi connectivity index (χ0) is 17.6. The highest BCUT2D eigenvalue weighted by Crippen LogP contribution is 2.29. The molecule has 0 saturated carbocycles. The van der Waals surface area contributed by atoms with Crippen LogP contribution < -0.4 is 15.5 Å². The maximum Gasteiger partial charge on any atom is 0.243 e. The Labute approximate surface area is 156 Å². The second-order valence-electron chi connectivity index (χ2n) is 5.67. The topological polar surface area (TPSA) is 53.6 Å². The molecule has 0 atom stereocenters. The minimum absolute atomic E-state index is 0.129. The van der Waals surface area contributed by atoms with Crippen molar-refractivity contribution in [3.8, 4) is 0 Å². The maximum atomic E-state index is 12.2. The van der Waals surface area contributed by atoms with E-state index in [-0.39, 0.29) is 12.5 Å². The highest BCUT2D eigenvalue weighted by Gasteiger charge is 2.15. The lowest BCUT2D eigenvalue weighted by Gasteiger charge is -2.30. The Morgan fingerprint density at radius 3 is 2.60 bits per heavy atom. The first-order valence-corrected chi connectivity index (χ1v) is 8.79. The molecular formula is C18H19Cl2N3O2. The zero-order valence-electron chi connectivity index (χ0n) is 13.6. The summed E-state index contributed by atoms with van der Waals surface area (Å²) in [6.45, 7) is 3.13. The molecule has 2 aromatic rings. The summed E-state index contributed by atoms with van der Waals surface area (Å²) in [4.78, 5) is 14.4. The van der Waals surface area contributed by atoms with E-state index < -0.39 is 0 Å². The molecule has 0 bridgehead atoms. The monoisotopic (exact) mass is 379 g/mol. The number of nitrogens with zero attached hydrogens (tertiary/aromatic N) is 1. The fourth-order valence-electron chi connectivity index (χ4n) is 2.68. The van der Waals surface area contributed by atoms with Crippen LogP contribution in [0.25, 0.3) is 0 Å². The number of anilines is 3. The summed E-state index contributed by atoms with van der Waals surface area (Å²) < 4.78 is 5.40.